The molecule has 0 aromatic heterocycles. The van der Waals surface area contributed by atoms with Crippen LogP contribution in [0.4, 0.5) is 0 Å². The molecule has 0 aliphatic carbocycles. The van der Waals surface area contributed by atoms with Gasteiger partial charge in [0.05, 0.1) is 6.54 Å². The fourth-order valence-corrected chi connectivity index (χ4v) is 2.66. The zero-order chi connectivity index (χ0) is 19.2. The Morgan fingerprint density at radius 1 is 0.923 bits per heavy atom. The van der Waals surface area contributed by atoms with Crippen LogP contribution in [0.15, 0.2) is 48.5 Å². The topological polar surface area (TPSA) is 58.2 Å². The van der Waals surface area contributed by atoms with Crippen molar-refractivity contribution in [1.82, 2.24) is 10.6 Å². The molecule has 2 aromatic carbocycles. The van der Waals surface area contributed by atoms with Crippen molar-refractivity contribution in [1.29, 1.82) is 0 Å². The van der Waals surface area contributed by atoms with Crippen molar-refractivity contribution in [2.75, 3.05) is 13.1 Å². The van der Waals surface area contributed by atoms with E-state index in [-0.39, 0.29) is 23.8 Å². The number of carbonyl (C=O) groups excluding carboxylic acids is 2. The monoisotopic (exact) mass is 352 g/mol. The average molecular weight is 352 g/mol. The van der Waals surface area contributed by atoms with Gasteiger partial charge in [-0.1, -0.05) is 63.2 Å². The summed E-state index contributed by atoms with van der Waals surface area (Å²) in [5.41, 5.74) is 4.11. The first-order valence-electron chi connectivity index (χ1n) is 8.97. The molecule has 26 heavy (non-hydrogen) atoms. The lowest BCUT2D eigenvalue weighted by Crippen LogP contribution is -2.37. The van der Waals surface area contributed by atoms with Crippen LogP contribution in [0.25, 0.3) is 0 Å². The molecule has 0 heterocycles. The second kappa shape index (κ2) is 8.65. The lowest BCUT2D eigenvalue weighted by atomic mass is 9.86. The van der Waals surface area contributed by atoms with E-state index in [1.54, 1.807) is 6.07 Å². The van der Waals surface area contributed by atoms with Crippen molar-refractivity contribution in [3.8, 4) is 0 Å². The number of hydrogen-bond acceptors (Lipinski definition) is 2. The van der Waals surface area contributed by atoms with Crippen molar-refractivity contribution < 1.29 is 9.59 Å². The molecule has 0 fully saturated rings. The van der Waals surface area contributed by atoms with E-state index in [1.807, 2.05) is 25.1 Å². The molecule has 2 amide bonds. The van der Waals surface area contributed by atoms with Crippen molar-refractivity contribution in [3.63, 3.8) is 0 Å². The minimum absolute atomic E-state index is 0.0177. The van der Waals surface area contributed by atoms with E-state index < -0.39 is 0 Å². The van der Waals surface area contributed by atoms with E-state index in [9.17, 15) is 9.59 Å². The molecule has 0 saturated heterocycles. The number of benzene rings is 2. The molecule has 2 rings (SSSR count). The van der Waals surface area contributed by atoms with Crippen molar-refractivity contribution in [2.45, 2.75) is 39.5 Å². The standard InChI is InChI=1S/C22H28N2O2/c1-16-7-5-6-8-19(16)21(26)24-15-20(25)23-14-13-17-9-11-18(12-10-17)22(2,3)4/h5-12H,13-15H2,1-4H3,(H,23,25)(H,24,26). The molecular formula is C22H28N2O2. The third kappa shape index (κ3) is 5.73. The number of carbonyl (C=O) groups is 2. The van der Waals surface area contributed by atoms with E-state index in [2.05, 4.69) is 55.7 Å². The van der Waals surface area contributed by atoms with Gasteiger partial charge in [-0.15, -0.1) is 0 Å². The largest absolute Gasteiger partial charge is 0.354 e. The van der Waals surface area contributed by atoms with Gasteiger partial charge in [0.15, 0.2) is 0 Å². The molecule has 0 unspecified atom stereocenters. The van der Waals surface area contributed by atoms with Crippen LogP contribution in [0, 0.1) is 6.92 Å². The van der Waals surface area contributed by atoms with E-state index in [4.69, 9.17) is 0 Å². The van der Waals surface area contributed by atoms with Crippen LogP contribution in [0.5, 0.6) is 0 Å². The summed E-state index contributed by atoms with van der Waals surface area (Å²) in [7, 11) is 0. The summed E-state index contributed by atoms with van der Waals surface area (Å²) < 4.78 is 0. The lowest BCUT2D eigenvalue weighted by molar-refractivity contribution is -0.120. The molecule has 0 aliphatic rings. The second-order valence-corrected chi connectivity index (χ2v) is 7.54. The minimum atomic E-state index is -0.226. The van der Waals surface area contributed by atoms with E-state index in [1.165, 1.54) is 11.1 Å². The zero-order valence-corrected chi connectivity index (χ0v) is 16.1. The first-order chi connectivity index (χ1) is 12.3. The SMILES string of the molecule is Cc1ccccc1C(=O)NCC(=O)NCCc1ccc(C(C)(C)C)cc1. The first-order valence-corrected chi connectivity index (χ1v) is 8.97. The van der Waals surface area contributed by atoms with Crippen LogP contribution >= 0.6 is 0 Å². The fraction of sp³-hybridized carbons (Fsp3) is 0.364. The van der Waals surface area contributed by atoms with Crippen molar-refractivity contribution in [2.24, 2.45) is 0 Å². The van der Waals surface area contributed by atoms with Gasteiger partial charge in [-0.2, -0.15) is 0 Å². The highest BCUT2D eigenvalue weighted by Crippen LogP contribution is 2.22. The number of aryl methyl sites for hydroxylation is 1. The highest BCUT2D eigenvalue weighted by molar-refractivity contribution is 5.97. The Morgan fingerprint density at radius 2 is 1.58 bits per heavy atom. The Morgan fingerprint density at radius 3 is 2.19 bits per heavy atom. The van der Waals surface area contributed by atoms with Gasteiger partial charge in [-0.25, -0.2) is 0 Å². The first kappa shape index (κ1) is 19.7. The maximum absolute atomic E-state index is 12.1. The van der Waals surface area contributed by atoms with Crippen LogP contribution in [0.1, 0.15) is 47.8 Å². The lowest BCUT2D eigenvalue weighted by Gasteiger charge is -2.19. The number of rotatable bonds is 6. The molecule has 0 aliphatic heterocycles. The summed E-state index contributed by atoms with van der Waals surface area (Å²) >= 11 is 0. The van der Waals surface area contributed by atoms with Gasteiger partial charge in [0, 0.05) is 12.1 Å². The van der Waals surface area contributed by atoms with E-state index >= 15 is 0 Å². The van der Waals surface area contributed by atoms with Crippen LogP contribution in [-0.4, -0.2) is 24.9 Å². The molecule has 138 valence electrons. The van der Waals surface area contributed by atoms with Crippen LogP contribution in [0.2, 0.25) is 0 Å². The molecule has 0 atom stereocenters. The normalized spacial score (nSPS) is 11.1. The smallest absolute Gasteiger partial charge is 0.251 e. The molecule has 4 nitrogen and oxygen atoms in total. The van der Waals surface area contributed by atoms with E-state index in [0.717, 1.165) is 12.0 Å². The predicted molar refractivity (Wildman–Crippen MR) is 105 cm³/mol. The highest BCUT2D eigenvalue weighted by atomic mass is 16.2. The third-order valence-electron chi connectivity index (χ3n) is 4.36. The Hall–Kier alpha value is -2.62. The summed E-state index contributed by atoms with van der Waals surface area (Å²) in [4.78, 5) is 24.0. The van der Waals surface area contributed by atoms with Gasteiger partial charge in [-0.3, -0.25) is 9.59 Å². The number of nitrogens with one attached hydrogen (secondary N) is 2. The summed E-state index contributed by atoms with van der Waals surface area (Å²) in [6.45, 7) is 8.97. The Kier molecular flexibility index (Phi) is 6.56. The zero-order valence-electron chi connectivity index (χ0n) is 16.1. The third-order valence-corrected chi connectivity index (χ3v) is 4.36. The number of hydrogen-bond donors (Lipinski definition) is 2. The molecule has 0 saturated carbocycles. The maximum atomic E-state index is 12.1. The van der Waals surface area contributed by atoms with Crippen molar-refractivity contribution >= 4 is 11.8 Å². The van der Waals surface area contributed by atoms with Gasteiger partial charge >= 0.3 is 0 Å². The van der Waals surface area contributed by atoms with Crippen LogP contribution in [-0.2, 0) is 16.6 Å². The average Bonchev–Trinajstić information content (AvgIpc) is 2.60. The second-order valence-electron chi connectivity index (χ2n) is 7.54. The number of amides is 2. The summed E-state index contributed by atoms with van der Waals surface area (Å²) in [6, 6.07) is 15.8. The molecule has 0 spiro atoms. The predicted octanol–water partition coefficient (Wildman–Crippen LogP) is 3.38. The molecule has 0 radical (unpaired) electrons. The molecular weight excluding hydrogens is 324 g/mol. The van der Waals surface area contributed by atoms with Crippen LogP contribution < -0.4 is 10.6 Å². The summed E-state index contributed by atoms with van der Waals surface area (Å²) in [5, 5.41) is 5.51. The Labute approximate surface area is 156 Å². The van der Waals surface area contributed by atoms with E-state index in [0.29, 0.717) is 12.1 Å². The summed E-state index contributed by atoms with van der Waals surface area (Å²) in [5.74, 6) is -0.408. The van der Waals surface area contributed by atoms with Gasteiger partial charge in [0.25, 0.3) is 5.91 Å². The van der Waals surface area contributed by atoms with Gasteiger partial charge in [-0.05, 0) is 41.5 Å². The van der Waals surface area contributed by atoms with Gasteiger partial charge in [0.2, 0.25) is 5.91 Å². The van der Waals surface area contributed by atoms with Crippen molar-refractivity contribution in [3.05, 3.63) is 70.8 Å². The molecule has 2 N–H and O–H groups in total. The minimum Gasteiger partial charge on any atom is -0.354 e. The quantitative estimate of drug-likeness (QED) is 0.837. The molecule has 4 heteroatoms. The Bertz CT molecular complexity index is 758. The van der Waals surface area contributed by atoms with Crippen LogP contribution in [0.3, 0.4) is 0 Å². The highest BCUT2D eigenvalue weighted by Gasteiger charge is 2.13. The van der Waals surface area contributed by atoms with Gasteiger partial charge < -0.3 is 10.6 Å². The fourth-order valence-electron chi connectivity index (χ4n) is 2.66. The van der Waals surface area contributed by atoms with Gasteiger partial charge in [0.1, 0.15) is 0 Å². The maximum Gasteiger partial charge on any atom is 0.251 e. The Balaban J connectivity index is 1.74. The molecule has 2 aromatic rings. The molecule has 0 bridgehead atoms. The summed E-state index contributed by atoms with van der Waals surface area (Å²) in [6.07, 6.45) is 0.766.